The van der Waals surface area contributed by atoms with Crippen LogP contribution in [0.15, 0.2) is 25.0 Å². The lowest BCUT2D eigenvalue weighted by atomic mass is 10.3. The first-order chi connectivity index (χ1) is 8.76. The Morgan fingerprint density at radius 2 is 2.00 bits per heavy atom. The number of rotatable bonds is 3. The normalized spacial score (nSPS) is 15.4. The van der Waals surface area contributed by atoms with Crippen LogP contribution in [0, 0.1) is 0 Å². The van der Waals surface area contributed by atoms with E-state index < -0.39 is 0 Å². The molecule has 0 unspecified atom stereocenters. The van der Waals surface area contributed by atoms with E-state index >= 15 is 0 Å². The number of aromatic nitrogens is 2. The van der Waals surface area contributed by atoms with Crippen molar-refractivity contribution in [2.75, 3.05) is 43.4 Å². The number of hydrogen-bond acceptors (Lipinski definition) is 5. The summed E-state index contributed by atoms with van der Waals surface area (Å²) in [4.78, 5) is 24.0. The van der Waals surface area contributed by atoms with Gasteiger partial charge in [0.05, 0.1) is 0 Å². The largest absolute Gasteiger partial charge is 0.370 e. The summed E-state index contributed by atoms with van der Waals surface area (Å²) in [5.41, 5.74) is 0. The fourth-order valence-electron chi connectivity index (χ4n) is 2.01. The summed E-state index contributed by atoms with van der Waals surface area (Å²) in [5, 5.41) is 3.03. The van der Waals surface area contributed by atoms with Gasteiger partial charge in [-0.2, -0.15) is 0 Å². The second-order valence-electron chi connectivity index (χ2n) is 4.00. The lowest BCUT2D eigenvalue weighted by Gasteiger charge is -2.35. The molecule has 1 aromatic rings. The number of amides is 1. The maximum absolute atomic E-state index is 11.5. The third-order valence-electron chi connectivity index (χ3n) is 2.98. The molecule has 0 radical (unpaired) electrons. The first kappa shape index (κ1) is 12.3. The Bertz CT molecular complexity index is 440. The van der Waals surface area contributed by atoms with E-state index in [-0.39, 0.29) is 5.91 Å². The third kappa shape index (κ3) is 2.42. The molecule has 0 aliphatic carbocycles. The van der Waals surface area contributed by atoms with Crippen LogP contribution in [0.1, 0.15) is 0 Å². The van der Waals surface area contributed by atoms with Gasteiger partial charge in [-0.05, 0) is 6.08 Å². The number of nitrogens with one attached hydrogen (secondary N) is 1. The van der Waals surface area contributed by atoms with Crippen LogP contribution >= 0.6 is 0 Å². The average molecular weight is 247 g/mol. The second kappa shape index (κ2) is 5.48. The van der Waals surface area contributed by atoms with Gasteiger partial charge in [0.1, 0.15) is 0 Å². The van der Waals surface area contributed by atoms with Crippen LogP contribution in [0.5, 0.6) is 0 Å². The Balaban J connectivity index is 2.05. The number of nitrogens with zero attached hydrogens (tertiary/aromatic N) is 4. The van der Waals surface area contributed by atoms with Gasteiger partial charge in [0.15, 0.2) is 11.6 Å². The zero-order valence-electron chi connectivity index (χ0n) is 10.5. The van der Waals surface area contributed by atoms with E-state index in [1.54, 1.807) is 17.3 Å². The van der Waals surface area contributed by atoms with E-state index in [4.69, 9.17) is 0 Å². The molecule has 1 aromatic heterocycles. The highest BCUT2D eigenvalue weighted by atomic mass is 16.2. The van der Waals surface area contributed by atoms with Crippen molar-refractivity contribution in [2.45, 2.75) is 0 Å². The molecule has 6 nitrogen and oxygen atoms in total. The highest BCUT2D eigenvalue weighted by Gasteiger charge is 2.22. The Morgan fingerprint density at radius 3 is 2.61 bits per heavy atom. The van der Waals surface area contributed by atoms with Gasteiger partial charge >= 0.3 is 0 Å². The van der Waals surface area contributed by atoms with E-state index in [1.807, 2.05) is 7.05 Å². The zero-order valence-corrected chi connectivity index (χ0v) is 10.5. The van der Waals surface area contributed by atoms with Crippen molar-refractivity contribution in [1.82, 2.24) is 14.9 Å². The standard InChI is InChI=1S/C12H17N5O/c1-3-10(18)16-6-8-17(9-7-16)12-11(13-2)14-4-5-15-12/h3-5H,1,6-9H2,2H3,(H,13,14). The molecule has 96 valence electrons. The van der Waals surface area contributed by atoms with Crippen LogP contribution in [0.3, 0.4) is 0 Å². The lowest BCUT2D eigenvalue weighted by Crippen LogP contribution is -2.48. The summed E-state index contributed by atoms with van der Waals surface area (Å²) in [6, 6.07) is 0. The van der Waals surface area contributed by atoms with Gasteiger partial charge < -0.3 is 15.1 Å². The molecule has 2 heterocycles. The molecule has 0 bridgehead atoms. The first-order valence-corrected chi connectivity index (χ1v) is 5.91. The van der Waals surface area contributed by atoms with E-state index in [1.165, 1.54) is 6.08 Å². The minimum atomic E-state index is -0.0114. The van der Waals surface area contributed by atoms with Crippen molar-refractivity contribution in [1.29, 1.82) is 0 Å². The van der Waals surface area contributed by atoms with Gasteiger partial charge in [-0.25, -0.2) is 9.97 Å². The van der Waals surface area contributed by atoms with Crippen molar-refractivity contribution >= 4 is 17.5 Å². The molecular formula is C12H17N5O. The quantitative estimate of drug-likeness (QED) is 0.781. The molecule has 0 saturated carbocycles. The smallest absolute Gasteiger partial charge is 0.246 e. The number of hydrogen-bond donors (Lipinski definition) is 1. The summed E-state index contributed by atoms with van der Waals surface area (Å²) in [7, 11) is 1.82. The highest BCUT2D eigenvalue weighted by molar-refractivity contribution is 5.87. The first-order valence-electron chi connectivity index (χ1n) is 5.91. The minimum Gasteiger partial charge on any atom is -0.370 e. The number of carbonyl (C=O) groups excluding carboxylic acids is 1. The van der Waals surface area contributed by atoms with Crippen LogP contribution < -0.4 is 10.2 Å². The Kier molecular flexibility index (Phi) is 3.76. The van der Waals surface area contributed by atoms with E-state index in [0.717, 1.165) is 24.7 Å². The summed E-state index contributed by atoms with van der Waals surface area (Å²) in [5.74, 6) is 1.59. The van der Waals surface area contributed by atoms with Gasteiger partial charge in [-0.3, -0.25) is 4.79 Å². The maximum atomic E-state index is 11.5. The molecule has 0 aromatic carbocycles. The molecule has 1 aliphatic heterocycles. The fraction of sp³-hybridized carbons (Fsp3) is 0.417. The zero-order chi connectivity index (χ0) is 13.0. The van der Waals surface area contributed by atoms with Crippen LogP contribution in [0.25, 0.3) is 0 Å². The third-order valence-corrected chi connectivity index (χ3v) is 2.98. The number of anilines is 2. The molecule has 6 heteroatoms. The van der Waals surface area contributed by atoms with Crippen molar-refractivity contribution in [3.8, 4) is 0 Å². The molecule has 0 atom stereocenters. The average Bonchev–Trinajstić information content (AvgIpc) is 2.46. The summed E-state index contributed by atoms with van der Waals surface area (Å²) >= 11 is 0. The van der Waals surface area contributed by atoms with Gasteiger partial charge in [0.2, 0.25) is 5.91 Å². The Labute approximate surface area is 106 Å². The number of piperazine rings is 1. The van der Waals surface area contributed by atoms with Crippen LogP contribution in [-0.4, -0.2) is 54.0 Å². The van der Waals surface area contributed by atoms with E-state index in [0.29, 0.717) is 13.1 Å². The SMILES string of the molecule is C=CC(=O)N1CCN(c2nccnc2NC)CC1. The monoisotopic (exact) mass is 247 g/mol. The van der Waals surface area contributed by atoms with Crippen molar-refractivity contribution in [2.24, 2.45) is 0 Å². The molecule has 0 spiro atoms. The number of carbonyl (C=O) groups is 1. The molecule has 1 N–H and O–H groups in total. The van der Waals surface area contributed by atoms with Crippen molar-refractivity contribution in [3.05, 3.63) is 25.0 Å². The van der Waals surface area contributed by atoms with Crippen molar-refractivity contribution < 1.29 is 4.79 Å². The predicted octanol–water partition coefficient (Wildman–Crippen LogP) is 0.353. The van der Waals surface area contributed by atoms with Gasteiger partial charge in [0.25, 0.3) is 0 Å². The van der Waals surface area contributed by atoms with Crippen LogP contribution in [0.4, 0.5) is 11.6 Å². The molecule has 1 aliphatic rings. The maximum Gasteiger partial charge on any atom is 0.246 e. The predicted molar refractivity (Wildman–Crippen MR) is 70.6 cm³/mol. The topological polar surface area (TPSA) is 61.4 Å². The van der Waals surface area contributed by atoms with Gasteiger partial charge in [0, 0.05) is 45.6 Å². The summed E-state index contributed by atoms with van der Waals surface area (Å²) in [6.45, 7) is 6.39. The molecule has 18 heavy (non-hydrogen) atoms. The molecule has 1 amide bonds. The van der Waals surface area contributed by atoms with Gasteiger partial charge in [-0.1, -0.05) is 6.58 Å². The molecule has 1 fully saturated rings. The second-order valence-corrected chi connectivity index (χ2v) is 4.00. The lowest BCUT2D eigenvalue weighted by molar-refractivity contribution is -0.126. The van der Waals surface area contributed by atoms with Gasteiger partial charge in [-0.15, -0.1) is 0 Å². The molecule has 1 saturated heterocycles. The summed E-state index contributed by atoms with van der Waals surface area (Å²) < 4.78 is 0. The van der Waals surface area contributed by atoms with Crippen molar-refractivity contribution in [3.63, 3.8) is 0 Å². The van der Waals surface area contributed by atoms with Crippen LogP contribution in [-0.2, 0) is 4.79 Å². The van der Waals surface area contributed by atoms with Crippen LogP contribution in [0.2, 0.25) is 0 Å². The van der Waals surface area contributed by atoms with E-state index in [9.17, 15) is 4.79 Å². The fourth-order valence-corrected chi connectivity index (χ4v) is 2.01. The molecular weight excluding hydrogens is 230 g/mol. The van der Waals surface area contributed by atoms with E-state index in [2.05, 4.69) is 26.8 Å². The minimum absolute atomic E-state index is 0.0114. The highest BCUT2D eigenvalue weighted by Crippen LogP contribution is 2.20. The Morgan fingerprint density at radius 1 is 1.33 bits per heavy atom. The molecule has 2 rings (SSSR count). The Hall–Kier alpha value is -2.11. The summed E-state index contributed by atoms with van der Waals surface area (Å²) in [6.07, 6.45) is 4.70.